The minimum Gasteiger partial charge on any atom is -0.326 e. The molecule has 2 nitrogen and oxygen atoms in total. The number of aromatic nitrogens is 1. The number of hydrogen-bond acceptors (Lipinski definition) is 2. The van der Waals surface area contributed by atoms with E-state index < -0.39 is 0 Å². The Morgan fingerprint density at radius 1 is 1.00 bits per heavy atom. The van der Waals surface area contributed by atoms with Gasteiger partial charge in [-0.25, -0.2) is 9.37 Å². The van der Waals surface area contributed by atoms with Gasteiger partial charge in [0.1, 0.15) is 5.82 Å². The van der Waals surface area contributed by atoms with E-state index in [1.54, 1.807) is 6.07 Å². The van der Waals surface area contributed by atoms with Crippen molar-refractivity contribution in [1.82, 2.24) is 4.98 Å². The summed E-state index contributed by atoms with van der Waals surface area (Å²) in [7, 11) is 0. The number of nitrogens with zero attached hydrogens (tertiary/aromatic N) is 1. The maximum Gasteiger partial charge on any atom is 0.128 e. The molecule has 0 aliphatic heterocycles. The van der Waals surface area contributed by atoms with Crippen LogP contribution >= 0.6 is 0 Å². The van der Waals surface area contributed by atoms with Crippen LogP contribution in [-0.2, 0) is 6.54 Å². The number of fused-ring (bicyclic) bond motifs is 1. The zero-order valence-corrected chi connectivity index (χ0v) is 10.3. The van der Waals surface area contributed by atoms with Gasteiger partial charge in [-0.1, -0.05) is 36.4 Å². The molecule has 0 atom stereocenters. The van der Waals surface area contributed by atoms with E-state index in [1.807, 2.05) is 42.5 Å². The first-order valence-corrected chi connectivity index (χ1v) is 6.12. The van der Waals surface area contributed by atoms with Crippen LogP contribution in [0.15, 0.2) is 54.6 Å². The predicted molar refractivity (Wildman–Crippen MR) is 75.0 cm³/mol. The second-order valence-electron chi connectivity index (χ2n) is 4.40. The van der Waals surface area contributed by atoms with Crippen molar-refractivity contribution in [3.05, 3.63) is 66.0 Å². The Bertz CT molecular complexity index is 738. The summed E-state index contributed by atoms with van der Waals surface area (Å²) in [6.45, 7) is 0.206. The van der Waals surface area contributed by atoms with E-state index in [4.69, 9.17) is 5.73 Å². The minimum absolute atomic E-state index is 0.206. The Kier molecular flexibility index (Phi) is 2.97. The van der Waals surface area contributed by atoms with Gasteiger partial charge in [-0.05, 0) is 18.2 Å². The lowest BCUT2D eigenvalue weighted by molar-refractivity contribution is 0.611. The zero-order chi connectivity index (χ0) is 13.2. The van der Waals surface area contributed by atoms with Gasteiger partial charge < -0.3 is 5.73 Å². The first kappa shape index (κ1) is 11.8. The molecule has 0 saturated heterocycles. The van der Waals surface area contributed by atoms with Crippen molar-refractivity contribution in [3.63, 3.8) is 0 Å². The number of halogens is 1. The Balaban J connectivity index is 2.11. The second kappa shape index (κ2) is 4.78. The molecule has 19 heavy (non-hydrogen) atoms. The predicted octanol–water partition coefficient (Wildman–Crippen LogP) is 3.50. The maximum atomic E-state index is 13.7. The number of benzene rings is 2. The van der Waals surface area contributed by atoms with E-state index in [0.29, 0.717) is 5.56 Å². The van der Waals surface area contributed by atoms with Gasteiger partial charge in [0.15, 0.2) is 0 Å². The fraction of sp³-hybridized carbons (Fsp3) is 0.0625. The molecule has 2 N–H and O–H groups in total. The first-order valence-electron chi connectivity index (χ1n) is 6.12. The van der Waals surface area contributed by atoms with Gasteiger partial charge >= 0.3 is 0 Å². The van der Waals surface area contributed by atoms with E-state index in [1.165, 1.54) is 6.07 Å². The molecule has 0 aliphatic rings. The largest absolute Gasteiger partial charge is 0.326 e. The van der Waals surface area contributed by atoms with Crippen molar-refractivity contribution in [1.29, 1.82) is 0 Å². The fourth-order valence-electron chi connectivity index (χ4n) is 2.10. The van der Waals surface area contributed by atoms with Crippen LogP contribution in [-0.4, -0.2) is 4.98 Å². The normalized spacial score (nSPS) is 10.8. The fourth-order valence-corrected chi connectivity index (χ4v) is 2.10. The third-order valence-electron chi connectivity index (χ3n) is 3.17. The highest BCUT2D eigenvalue weighted by Crippen LogP contribution is 2.22. The molecule has 0 fully saturated rings. The van der Waals surface area contributed by atoms with Gasteiger partial charge in [-0.15, -0.1) is 0 Å². The van der Waals surface area contributed by atoms with Crippen molar-refractivity contribution in [2.24, 2.45) is 5.73 Å². The average Bonchev–Trinajstić information content (AvgIpc) is 2.46. The molecular weight excluding hydrogens is 239 g/mol. The van der Waals surface area contributed by atoms with Gasteiger partial charge in [0.25, 0.3) is 0 Å². The van der Waals surface area contributed by atoms with Crippen LogP contribution in [0.1, 0.15) is 5.56 Å². The molecular formula is C16H13FN2. The van der Waals surface area contributed by atoms with Crippen molar-refractivity contribution >= 4 is 10.9 Å². The standard InChI is InChI=1S/C16H13FN2/c17-14-9-12(5-6-13(14)10-18)16-8-7-11-3-1-2-4-15(11)19-16/h1-9H,10,18H2. The summed E-state index contributed by atoms with van der Waals surface area (Å²) in [6.07, 6.45) is 0. The van der Waals surface area contributed by atoms with Gasteiger partial charge in [0.2, 0.25) is 0 Å². The van der Waals surface area contributed by atoms with Crippen LogP contribution in [0.3, 0.4) is 0 Å². The lowest BCUT2D eigenvalue weighted by Gasteiger charge is -2.05. The molecule has 0 radical (unpaired) electrons. The van der Waals surface area contributed by atoms with Crippen molar-refractivity contribution in [2.45, 2.75) is 6.54 Å². The quantitative estimate of drug-likeness (QED) is 0.758. The molecule has 3 rings (SSSR count). The summed E-state index contributed by atoms with van der Waals surface area (Å²) < 4.78 is 13.7. The first-order chi connectivity index (χ1) is 9.28. The molecule has 1 heterocycles. The second-order valence-corrected chi connectivity index (χ2v) is 4.40. The molecule has 0 saturated carbocycles. The van der Waals surface area contributed by atoms with E-state index >= 15 is 0 Å². The number of rotatable bonds is 2. The van der Waals surface area contributed by atoms with Crippen molar-refractivity contribution in [2.75, 3.05) is 0 Å². The van der Waals surface area contributed by atoms with Crippen LogP contribution in [0, 0.1) is 5.82 Å². The van der Waals surface area contributed by atoms with Crippen LogP contribution in [0.25, 0.3) is 22.2 Å². The van der Waals surface area contributed by atoms with E-state index in [9.17, 15) is 4.39 Å². The molecule has 94 valence electrons. The number of hydrogen-bond donors (Lipinski definition) is 1. The summed E-state index contributed by atoms with van der Waals surface area (Å²) in [5, 5.41) is 1.07. The summed E-state index contributed by atoms with van der Waals surface area (Å²) >= 11 is 0. The lowest BCUT2D eigenvalue weighted by atomic mass is 10.1. The highest BCUT2D eigenvalue weighted by Gasteiger charge is 2.05. The molecule has 0 bridgehead atoms. The molecule has 0 spiro atoms. The van der Waals surface area contributed by atoms with Crippen LogP contribution < -0.4 is 5.73 Å². The smallest absolute Gasteiger partial charge is 0.128 e. The summed E-state index contributed by atoms with van der Waals surface area (Å²) in [6, 6.07) is 16.8. The lowest BCUT2D eigenvalue weighted by Crippen LogP contribution is -1.99. The third-order valence-corrected chi connectivity index (χ3v) is 3.17. The number of nitrogens with two attached hydrogens (primary N) is 1. The topological polar surface area (TPSA) is 38.9 Å². The van der Waals surface area contributed by atoms with Gasteiger partial charge in [0.05, 0.1) is 11.2 Å². The SMILES string of the molecule is NCc1ccc(-c2ccc3ccccc3n2)cc1F. The molecule has 2 aromatic carbocycles. The zero-order valence-electron chi connectivity index (χ0n) is 10.3. The van der Waals surface area contributed by atoms with Crippen molar-refractivity contribution in [3.8, 4) is 11.3 Å². The van der Waals surface area contributed by atoms with Gasteiger partial charge in [-0.3, -0.25) is 0 Å². The Morgan fingerprint density at radius 2 is 1.84 bits per heavy atom. The molecule has 3 aromatic rings. The van der Waals surface area contributed by atoms with Gasteiger partial charge in [0, 0.05) is 23.1 Å². The van der Waals surface area contributed by atoms with Crippen LogP contribution in [0.5, 0.6) is 0 Å². The van der Waals surface area contributed by atoms with E-state index in [-0.39, 0.29) is 12.4 Å². The maximum absolute atomic E-state index is 13.7. The minimum atomic E-state index is -0.282. The van der Waals surface area contributed by atoms with Crippen LogP contribution in [0.4, 0.5) is 4.39 Å². The highest BCUT2D eigenvalue weighted by molar-refractivity contribution is 5.81. The summed E-state index contributed by atoms with van der Waals surface area (Å²) in [4.78, 5) is 4.54. The molecule has 0 unspecified atom stereocenters. The van der Waals surface area contributed by atoms with Gasteiger partial charge in [-0.2, -0.15) is 0 Å². The average molecular weight is 252 g/mol. The van der Waals surface area contributed by atoms with Crippen LogP contribution in [0.2, 0.25) is 0 Å². The monoisotopic (exact) mass is 252 g/mol. The Hall–Kier alpha value is -2.26. The Labute approximate surface area is 110 Å². The van der Waals surface area contributed by atoms with E-state index in [0.717, 1.165) is 22.2 Å². The molecule has 0 amide bonds. The summed E-state index contributed by atoms with van der Waals surface area (Å²) in [5.74, 6) is -0.282. The molecule has 1 aromatic heterocycles. The third kappa shape index (κ3) is 2.20. The molecule has 0 aliphatic carbocycles. The number of pyridine rings is 1. The Morgan fingerprint density at radius 3 is 2.63 bits per heavy atom. The molecule has 3 heteroatoms. The summed E-state index contributed by atoms with van der Waals surface area (Å²) in [5.41, 5.74) is 8.41. The van der Waals surface area contributed by atoms with Crippen molar-refractivity contribution < 1.29 is 4.39 Å². The van der Waals surface area contributed by atoms with E-state index in [2.05, 4.69) is 4.98 Å². The number of para-hydroxylation sites is 1. The highest BCUT2D eigenvalue weighted by atomic mass is 19.1.